The zero-order chi connectivity index (χ0) is 12.8. The Bertz CT molecular complexity index is 544. The maximum atomic E-state index is 8.69. The van der Waals surface area contributed by atoms with Crippen molar-refractivity contribution < 1.29 is 4.74 Å². The van der Waals surface area contributed by atoms with Gasteiger partial charge >= 0.3 is 0 Å². The van der Waals surface area contributed by atoms with Crippen LogP contribution in [0.15, 0.2) is 42.6 Å². The monoisotopic (exact) mass is 302 g/mol. The van der Waals surface area contributed by atoms with E-state index in [1.54, 1.807) is 18.3 Å². The molecule has 0 aliphatic carbocycles. The molecule has 0 saturated carbocycles. The molecule has 0 saturated heterocycles. The topological polar surface area (TPSA) is 45.9 Å². The second-order valence-corrected chi connectivity index (χ2v) is 4.28. The Morgan fingerprint density at radius 1 is 1.17 bits per heavy atom. The number of benzene rings is 1. The van der Waals surface area contributed by atoms with Crippen molar-refractivity contribution in [2.75, 3.05) is 0 Å². The standard InChI is InChI=1S/C14H11BrN2O/c15-7-13-5-6-14(9-17-13)18-10-12-3-1-11(8-16)2-4-12/h1-6,9H,7,10H2. The lowest BCUT2D eigenvalue weighted by Gasteiger charge is -2.06. The molecule has 4 heteroatoms. The molecule has 0 aliphatic heterocycles. The highest BCUT2D eigenvalue weighted by Gasteiger charge is 1.98. The van der Waals surface area contributed by atoms with Crippen LogP contribution in [0.5, 0.6) is 5.75 Å². The van der Waals surface area contributed by atoms with Crippen molar-refractivity contribution in [1.29, 1.82) is 5.26 Å². The number of halogens is 1. The van der Waals surface area contributed by atoms with Crippen molar-refractivity contribution in [3.8, 4) is 11.8 Å². The predicted molar refractivity (Wildman–Crippen MR) is 72.4 cm³/mol. The van der Waals surface area contributed by atoms with E-state index in [9.17, 15) is 0 Å². The van der Waals surface area contributed by atoms with Gasteiger partial charge in [-0.25, -0.2) is 0 Å². The molecule has 0 fully saturated rings. The van der Waals surface area contributed by atoms with E-state index in [1.165, 1.54) is 0 Å². The van der Waals surface area contributed by atoms with E-state index in [2.05, 4.69) is 27.0 Å². The van der Waals surface area contributed by atoms with Gasteiger partial charge in [0.15, 0.2) is 0 Å². The van der Waals surface area contributed by atoms with E-state index in [1.807, 2.05) is 24.3 Å². The summed E-state index contributed by atoms with van der Waals surface area (Å²) in [5.41, 5.74) is 2.65. The number of rotatable bonds is 4. The first-order valence-corrected chi connectivity index (χ1v) is 6.56. The highest BCUT2D eigenvalue weighted by Crippen LogP contribution is 2.13. The number of alkyl halides is 1. The highest BCUT2D eigenvalue weighted by atomic mass is 79.9. The Morgan fingerprint density at radius 2 is 1.94 bits per heavy atom. The molecule has 1 heterocycles. The predicted octanol–water partition coefficient (Wildman–Crippen LogP) is 3.43. The van der Waals surface area contributed by atoms with Gasteiger partial charge in [-0.15, -0.1) is 0 Å². The minimum Gasteiger partial charge on any atom is -0.487 e. The Morgan fingerprint density at radius 3 is 2.50 bits per heavy atom. The van der Waals surface area contributed by atoms with Crippen LogP contribution in [0, 0.1) is 11.3 Å². The number of hydrogen-bond donors (Lipinski definition) is 0. The zero-order valence-electron chi connectivity index (χ0n) is 9.64. The van der Waals surface area contributed by atoms with Crippen molar-refractivity contribution in [2.24, 2.45) is 0 Å². The van der Waals surface area contributed by atoms with Gasteiger partial charge in [-0.3, -0.25) is 4.98 Å². The smallest absolute Gasteiger partial charge is 0.138 e. The number of nitrogens with zero attached hydrogens (tertiary/aromatic N) is 2. The van der Waals surface area contributed by atoms with Crippen LogP contribution in [0.4, 0.5) is 0 Å². The molecule has 2 rings (SSSR count). The van der Waals surface area contributed by atoms with Crippen molar-refractivity contribution in [3.05, 3.63) is 59.4 Å². The van der Waals surface area contributed by atoms with E-state index >= 15 is 0 Å². The number of nitriles is 1. The van der Waals surface area contributed by atoms with Crippen molar-refractivity contribution in [1.82, 2.24) is 4.98 Å². The number of hydrogen-bond acceptors (Lipinski definition) is 3. The van der Waals surface area contributed by atoms with Gasteiger partial charge in [-0.1, -0.05) is 28.1 Å². The molecule has 0 spiro atoms. The molecule has 0 N–H and O–H groups in total. The minimum absolute atomic E-state index is 0.473. The normalized spacial score (nSPS) is 9.78. The summed E-state index contributed by atoms with van der Waals surface area (Å²) in [5.74, 6) is 0.740. The lowest BCUT2D eigenvalue weighted by molar-refractivity contribution is 0.305. The lowest BCUT2D eigenvalue weighted by Crippen LogP contribution is -1.96. The van der Waals surface area contributed by atoms with Crippen molar-refractivity contribution in [2.45, 2.75) is 11.9 Å². The van der Waals surface area contributed by atoms with Crippen LogP contribution >= 0.6 is 15.9 Å². The fraction of sp³-hybridized carbons (Fsp3) is 0.143. The third-order valence-electron chi connectivity index (χ3n) is 2.42. The van der Waals surface area contributed by atoms with E-state index in [0.29, 0.717) is 12.2 Å². The van der Waals surface area contributed by atoms with Gasteiger partial charge in [-0.2, -0.15) is 5.26 Å². The summed E-state index contributed by atoms with van der Waals surface area (Å²) in [5, 5.41) is 9.43. The SMILES string of the molecule is N#Cc1ccc(COc2ccc(CBr)nc2)cc1. The largest absolute Gasteiger partial charge is 0.487 e. The minimum atomic E-state index is 0.473. The summed E-state index contributed by atoms with van der Waals surface area (Å²) in [4.78, 5) is 4.22. The molecular formula is C14H11BrN2O. The molecule has 2 aromatic rings. The Hall–Kier alpha value is -1.86. The zero-order valence-corrected chi connectivity index (χ0v) is 11.2. The van der Waals surface area contributed by atoms with Crippen LogP contribution in [0.25, 0.3) is 0 Å². The maximum absolute atomic E-state index is 8.69. The quantitative estimate of drug-likeness (QED) is 0.813. The average Bonchev–Trinajstić information content (AvgIpc) is 2.46. The molecule has 18 heavy (non-hydrogen) atoms. The summed E-state index contributed by atoms with van der Waals surface area (Å²) in [6.45, 7) is 0.473. The van der Waals surface area contributed by atoms with Gasteiger partial charge in [-0.05, 0) is 29.8 Å². The summed E-state index contributed by atoms with van der Waals surface area (Å²) in [7, 11) is 0. The van der Waals surface area contributed by atoms with E-state index in [0.717, 1.165) is 22.3 Å². The van der Waals surface area contributed by atoms with Gasteiger partial charge in [0.05, 0.1) is 23.5 Å². The van der Waals surface area contributed by atoms with Crippen LogP contribution in [0.1, 0.15) is 16.8 Å². The summed E-state index contributed by atoms with van der Waals surface area (Å²) in [6, 6.07) is 13.2. The molecule has 0 bridgehead atoms. The molecule has 1 aromatic carbocycles. The van der Waals surface area contributed by atoms with Crippen molar-refractivity contribution in [3.63, 3.8) is 0 Å². The van der Waals surface area contributed by atoms with Crippen LogP contribution < -0.4 is 4.74 Å². The van der Waals surface area contributed by atoms with Gasteiger partial charge in [0.1, 0.15) is 12.4 Å². The van der Waals surface area contributed by atoms with Crippen LogP contribution in [-0.2, 0) is 11.9 Å². The summed E-state index contributed by atoms with van der Waals surface area (Å²) >= 11 is 3.34. The Labute approximate surface area is 114 Å². The van der Waals surface area contributed by atoms with Gasteiger partial charge in [0, 0.05) is 5.33 Å². The Balaban J connectivity index is 1.95. The van der Waals surface area contributed by atoms with Gasteiger partial charge in [0.25, 0.3) is 0 Å². The second-order valence-electron chi connectivity index (χ2n) is 3.72. The average molecular weight is 303 g/mol. The first-order valence-electron chi connectivity index (χ1n) is 5.44. The highest BCUT2D eigenvalue weighted by molar-refractivity contribution is 9.08. The number of pyridine rings is 1. The molecule has 0 amide bonds. The van der Waals surface area contributed by atoms with Crippen LogP contribution in [-0.4, -0.2) is 4.98 Å². The second kappa shape index (κ2) is 6.18. The van der Waals surface area contributed by atoms with E-state index in [4.69, 9.17) is 10.00 Å². The molecule has 1 aromatic heterocycles. The third-order valence-corrected chi connectivity index (χ3v) is 3.00. The van der Waals surface area contributed by atoms with E-state index in [-0.39, 0.29) is 0 Å². The summed E-state index contributed by atoms with van der Waals surface area (Å²) < 4.78 is 5.60. The Kier molecular flexibility index (Phi) is 4.32. The molecule has 0 radical (unpaired) electrons. The molecule has 3 nitrogen and oxygen atoms in total. The number of ether oxygens (including phenoxy) is 1. The molecule has 90 valence electrons. The molecule has 0 unspecified atom stereocenters. The van der Waals surface area contributed by atoms with Crippen LogP contribution in [0.2, 0.25) is 0 Å². The van der Waals surface area contributed by atoms with Gasteiger partial charge < -0.3 is 4.74 Å². The van der Waals surface area contributed by atoms with E-state index < -0.39 is 0 Å². The fourth-order valence-corrected chi connectivity index (χ4v) is 1.75. The lowest BCUT2D eigenvalue weighted by atomic mass is 10.2. The third kappa shape index (κ3) is 3.31. The maximum Gasteiger partial charge on any atom is 0.138 e. The first-order chi connectivity index (χ1) is 8.81. The van der Waals surface area contributed by atoms with Crippen molar-refractivity contribution >= 4 is 15.9 Å². The number of aromatic nitrogens is 1. The summed E-state index contributed by atoms with van der Waals surface area (Å²) in [6.07, 6.45) is 1.71. The fourth-order valence-electron chi connectivity index (χ4n) is 1.42. The first kappa shape index (κ1) is 12.6. The molecular weight excluding hydrogens is 292 g/mol. The molecule has 0 aliphatic rings. The van der Waals surface area contributed by atoms with Gasteiger partial charge in [0.2, 0.25) is 0 Å². The molecule has 0 atom stereocenters. The van der Waals surface area contributed by atoms with Crippen LogP contribution in [0.3, 0.4) is 0 Å².